The smallest absolute Gasteiger partial charge is 0.326 e. The molecule has 238 valence electrons. The fraction of sp³-hybridized carbons (Fsp3) is 0.500. The average Bonchev–Trinajstić information content (AvgIpc) is 3.13. The van der Waals surface area contributed by atoms with Gasteiger partial charge in [0.1, 0.15) is 24.3 Å². The summed E-state index contributed by atoms with van der Waals surface area (Å²) in [4.78, 5) is 45.6. The topological polar surface area (TPSA) is 76.2 Å². The summed E-state index contributed by atoms with van der Waals surface area (Å²) in [5.41, 5.74) is 0.687. The normalized spacial score (nSPS) is 22.0. The van der Waals surface area contributed by atoms with Crippen LogP contribution in [0, 0.1) is 0 Å². The molecule has 0 saturated carbocycles. The number of benzene rings is 2. The molecule has 1 saturated heterocycles. The van der Waals surface area contributed by atoms with Gasteiger partial charge in [-0.3, -0.25) is 19.3 Å². The molecule has 44 heavy (non-hydrogen) atoms. The molecule has 7 nitrogen and oxygen atoms in total. The van der Waals surface area contributed by atoms with Gasteiger partial charge in [0.05, 0.1) is 11.7 Å². The second-order valence-electron chi connectivity index (χ2n) is 13.9. The largest absolute Gasteiger partial charge is 0.459 e. The van der Waals surface area contributed by atoms with E-state index < -0.39 is 37.0 Å². The van der Waals surface area contributed by atoms with Gasteiger partial charge in [0.15, 0.2) is 0 Å². The lowest BCUT2D eigenvalue weighted by molar-refractivity contribution is -0.163. The van der Waals surface area contributed by atoms with Crippen molar-refractivity contribution in [3.05, 3.63) is 75.8 Å². The molecule has 2 aromatic carbocycles. The van der Waals surface area contributed by atoms with Gasteiger partial charge in [-0.1, -0.05) is 80.1 Å². The number of ether oxygens (including phenoxy) is 2. The monoisotopic (exact) mass is 658 g/mol. The summed E-state index contributed by atoms with van der Waals surface area (Å²) >= 11 is 13.0. The number of fused-ring (bicyclic) bond motifs is 2. The number of likely N-dealkylation sites (tertiary alicyclic amines) is 1. The van der Waals surface area contributed by atoms with Crippen molar-refractivity contribution in [3.63, 3.8) is 0 Å². The summed E-state index contributed by atoms with van der Waals surface area (Å²) in [5.74, 6) is -1.64. The van der Waals surface area contributed by atoms with Crippen molar-refractivity contribution >= 4 is 54.7 Å². The minimum atomic E-state index is -1.37. The molecule has 4 rings (SSSR count). The maximum absolute atomic E-state index is 15.2. The van der Waals surface area contributed by atoms with Crippen LogP contribution in [0.25, 0.3) is 0 Å². The van der Waals surface area contributed by atoms with Crippen LogP contribution in [0.5, 0.6) is 0 Å². The van der Waals surface area contributed by atoms with Gasteiger partial charge >= 0.3 is 5.97 Å². The minimum Gasteiger partial charge on any atom is -0.459 e. The summed E-state index contributed by atoms with van der Waals surface area (Å²) in [6.45, 7) is 18.7. The first-order valence-electron chi connectivity index (χ1n) is 15.1. The number of halogens is 2. The van der Waals surface area contributed by atoms with Crippen LogP contribution in [-0.4, -0.2) is 62.3 Å². The Morgan fingerprint density at radius 2 is 1.77 bits per heavy atom. The van der Waals surface area contributed by atoms with E-state index in [0.717, 1.165) is 11.6 Å². The lowest BCUT2D eigenvalue weighted by Crippen LogP contribution is -2.65. The molecule has 2 aliphatic rings. The maximum Gasteiger partial charge on any atom is 0.326 e. The van der Waals surface area contributed by atoms with E-state index in [0.29, 0.717) is 39.9 Å². The number of carbonyl (C=O) groups excluding carboxylic acids is 3. The van der Waals surface area contributed by atoms with Crippen molar-refractivity contribution in [2.75, 3.05) is 24.8 Å². The number of anilines is 1. The van der Waals surface area contributed by atoms with E-state index in [4.69, 9.17) is 32.7 Å². The number of amides is 2. The summed E-state index contributed by atoms with van der Waals surface area (Å²) in [7, 11) is -1.37. The van der Waals surface area contributed by atoms with E-state index >= 15 is 4.79 Å². The van der Waals surface area contributed by atoms with E-state index in [1.54, 1.807) is 43.9 Å². The highest BCUT2D eigenvalue weighted by molar-refractivity contribution is 6.76. The third-order valence-corrected chi connectivity index (χ3v) is 10.5. The molecule has 0 radical (unpaired) electrons. The zero-order chi connectivity index (χ0) is 32.6. The predicted octanol–water partition coefficient (Wildman–Crippen LogP) is 7.58. The molecule has 2 aliphatic heterocycles. The molecule has 2 heterocycles. The summed E-state index contributed by atoms with van der Waals surface area (Å²) in [5, 5.41) is 0.976. The van der Waals surface area contributed by atoms with E-state index in [2.05, 4.69) is 26.2 Å². The number of nitrogens with zero attached hydrogens (tertiary/aromatic N) is 2. The number of rotatable bonds is 10. The number of carbonyl (C=O) groups is 3. The van der Waals surface area contributed by atoms with Crippen molar-refractivity contribution < 1.29 is 23.9 Å². The van der Waals surface area contributed by atoms with Crippen LogP contribution >= 0.6 is 23.2 Å². The quantitative estimate of drug-likeness (QED) is 0.114. The van der Waals surface area contributed by atoms with Crippen LogP contribution in [0.3, 0.4) is 0 Å². The first-order chi connectivity index (χ1) is 20.5. The molecule has 10 heteroatoms. The van der Waals surface area contributed by atoms with E-state index in [-0.39, 0.29) is 31.5 Å². The zero-order valence-electron chi connectivity index (χ0n) is 26.8. The average molecular weight is 660 g/mol. The number of hydrogen-bond acceptors (Lipinski definition) is 5. The van der Waals surface area contributed by atoms with Crippen molar-refractivity contribution in [1.82, 2.24) is 4.90 Å². The molecule has 1 spiro atoms. The highest BCUT2D eigenvalue weighted by Crippen LogP contribution is 2.58. The first kappa shape index (κ1) is 34.2. The Morgan fingerprint density at radius 3 is 2.39 bits per heavy atom. The fourth-order valence-corrected chi connectivity index (χ4v) is 7.48. The molecule has 0 aliphatic carbocycles. The Morgan fingerprint density at radius 1 is 1.09 bits per heavy atom. The Labute approximate surface area is 272 Å². The Kier molecular flexibility index (Phi) is 10.1. The van der Waals surface area contributed by atoms with E-state index in [9.17, 15) is 9.59 Å². The van der Waals surface area contributed by atoms with Gasteiger partial charge in [-0.25, -0.2) is 0 Å². The molecule has 3 atom stereocenters. The van der Waals surface area contributed by atoms with Crippen LogP contribution in [-0.2, 0) is 29.3 Å². The highest BCUT2D eigenvalue weighted by atomic mass is 35.5. The van der Waals surface area contributed by atoms with Gasteiger partial charge in [-0.15, -0.1) is 0 Å². The maximum atomic E-state index is 15.2. The second-order valence-corrected chi connectivity index (χ2v) is 20.4. The molecule has 2 amide bonds. The molecular weight excluding hydrogens is 615 g/mol. The molecule has 1 fully saturated rings. The molecular formula is C34H44Cl2N2O5Si. The standard InChI is InChI=1S/C34H44Cl2N2O5Si/c1-9-22(2)31-34(26-14-13-25(36)18-28(26)38(32(34)41)21-42-15-16-44(6,7)8)27(23-11-10-12-24(35)17-23)19-29(39)37(31)20-30(40)43-33(3,4)5/h10-14,17-18,27,31H,2,9,15-16,19-21H2,1,3-8H3/t27-,31+,34-/m0/s1. The Hall–Kier alpha value is -2.65. The highest BCUT2D eigenvalue weighted by Gasteiger charge is 2.65. The Balaban J connectivity index is 1.93. The van der Waals surface area contributed by atoms with Crippen LogP contribution in [0.4, 0.5) is 5.69 Å². The number of esters is 1. The van der Waals surface area contributed by atoms with Gasteiger partial charge < -0.3 is 14.4 Å². The van der Waals surface area contributed by atoms with Crippen LogP contribution in [0.2, 0.25) is 35.7 Å². The van der Waals surface area contributed by atoms with Crippen LogP contribution < -0.4 is 4.90 Å². The fourth-order valence-electron chi connectivity index (χ4n) is 6.35. The predicted molar refractivity (Wildman–Crippen MR) is 179 cm³/mol. The molecule has 2 aromatic rings. The van der Waals surface area contributed by atoms with Gasteiger partial charge in [0.2, 0.25) is 11.8 Å². The number of hydrogen-bond donors (Lipinski definition) is 0. The lowest BCUT2D eigenvalue weighted by atomic mass is 9.58. The summed E-state index contributed by atoms with van der Waals surface area (Å²) in [6, 6.07) is 12.8. The third-order valence-electron chi connectivity index (χ3n) is 8.32. The molecule has 0 bridgehead atoms. The van der Waals surface area contributed by atoms with Gasteiger partial charge in [-0.2, -0.15) is 0 Å². The SMILES string of the molecule is C=C(CC)[C@H]1N(CC(=O)OC(C)(C)C)C(=O)C[C@@H](c2cccc(Cl)c2)[C@]12C(=O)N(COCC[Si](C)(C)C)c1cc(Cl)ccc12. The van der Waals surface area contributed by atoms with Crippen molar-refractivity contribution in [2.45, 2.75) is 89.2 Å². The molecule has 0 aromatic heterocycles. The van der Waals surface area contributed by atoms with Gasteiger partial charge in [0, 0.05) is 37.1 Å². The first-order valence-corrected chi connectivity index (χ1v) is 19.6. The van der Waals surface area contributed by atoms with Crippen molar-refractivity contribution in [2.24, 2.45) is 0 Å². The number of piperidine rings is 1. The summed E-state index contributed by atoms with van der Waals surface area (Å²) < 4.78 is 11.8. The van der Waals surface area contributed by atoms with E-state index in [1.165, 1.54) is 4.90 Å². The van der Waals surface area contributed by atoms with Gasteiger partial charge in [0.25, 0.3) is 0 Å². The van der Waals surface area contributed by atoms with Crippen molar-refractivity contribution in [3.8, 4) is 0 Å². The second kappa shape index (κ2) is 13.0. The summed E-state index contributed by atoms with van der Waals surface area (Å²) in [6.07, 6.45) is 0.463. The molecule has 0 unspecified atom stereocenters. The Bertz CT molecular complexity index is 1450. The minimum absolute atomic E-state index is 0.0191. The van der Waals surface area contributed by atoms with Crippen molar-refractivity contribution in [1.29, 1.82) is 0 Å². The lowest BCUT2D eigenvalue weighted by Gasteiger charge is -2.52. The molecule has 0 N–H and O–H groups in total. The third kappa shape index (κ3) is 6.93. The van der Waals surface area contributed by atoms with Crippen LogP contribution in [0.1, 0.15) is 57.6 Å². The van der Waals surface area contributed by atoms with Gasteiger partial charge in [-0.05, 0) is 68.6 Å². The zero-order valence-corrected chi connectivity index (χ0v) is 29.3. The van der Waals surface area contributed by atoms with E-state index in [1.807, 2.05) is 31.2 Å². The van der Waals surface area contributed by atoms with Crippen LogP contribution in [0.15, 0.2) is 54.6 Å².